The van der Waals surface area contributed by atoms with Crippen molar-refractivity contribution in [3.63, 3.8) is 0 Å². The lowest BCUT2D eigenvalue weighted by Gasteiger charge is -2.04. The highest BCUT2D eigenvalue weighted by molar-refractivity contribution is 6.17. The molecule has 0 bridgehead atoms. The quantitative estimate of drug-likeness (QED) is 0.253. The van der Waals surface area contributed by atoms with Crippen LogP contribution < -0.4 is 4.57 Å². The number of nitrogens with zero attached hydrogens (tertiary/aromatic N) is 2. The lowest BCUT2D eigenvalue weighted by molar-refractivity contribution is -0.659. The van der Waals surface area contributed by atoms with Gasteiger partial charge < -0.3 is 4.42 Å². The van der Waals surface area contributed by atoms with Crippen LogP contribution in [0.25, 0.3) is 54.9 Å². The first-order chi connectivity index (χ1) is 14.1. The van der Waals surface area contributed by atoms with Crippen LogP contribution in [0.4, 0.5) is 0 Å². The summed E-state index contributed by atoms with van der Waals surface area (Å²) in [6.07, 6.45) is 4.16. The summed E-state index contributed by atoms with van der Waals surface area (Å²) in [6, 6.07) is 21.8. The number of imidazole rings is 1. The zero-order chi connectivity index (χ0) is 19.7. The molecule has 4 aromatic carbocycles. The van der Waals surface area contributed by atoms with Crippen LogP contribution in [0.2, 0.25) is 0 Å². The standard InChI is InChI=1S/C26H21N2O/c1-16-8-11-20-22-14-18-10-9-17-6-4-5-7-19(17)21(18)15-23(22)29-25(20)24(16)26-27(2)12-13-28(26)3/h4-15H,1-3H3/q+1. The highest BCUT2D eigenvalue weighted by atomic mass is 16.3. The maximum atomic E-state index is 6.53. The molecule has 0 spiro atoms. The molecule has 0 fully saturated rings. The molecule has 0 aliphatic rings. The molecule has 0 atom stereocenters. The molecule has 0 radical (unpaired) electrons. The van der Waals surface area contributed by atoms with Gasteiger partial charge in [0.2, 0.25) is 0 Å². The van der Waals surface area contributed by atoms with Gasteiger partial charge in [-0.25, -0.2) is 9.13 Å². The molecule has 3 nitrogen and oxygen atoms in total. The van der Waals surface area contributed by atoms with Gasteiger partial charge in [0.15, 0.2) is 5.58 Å². The van der Waals surface area contributed by atoms with Crippen LogP contribution in [0.3, 0.4) is 0 Å². The minimum atomic E-state index is 0.938. The number of furan rings is 1. The number of hydrogen-bond acceptors (Lipinski definition) is 1. The van der Waals surface area contributed by atoms with E-state index in [4.69, 9.17) is 4.42 Å². The summed E-state index contributed by atoms with van der Waals surface area (Å²) in [5, 5.41) is 7.32. The summed E-state index contributed by atoms with van der Waals surface area (Å²) in [5.41, 5.74) is 4.26. The van der Waals surface area contributed by atoms with Crippen molar-refractivity contribution in [2.45, 2.75) is 6.92 Å². The minimum Gasteiger partial charge on any atom is -0.455 e. The Kier molecular flexibility index (Phi) is 3.22. The third-order valence-electron chi connectivity index (χ3n) is 6.12. The number of rotatable bonds is 1. The number of fused-ring (bicyclic) bond motifs is 6. The van der Waals surface area contributed by atoms with E-state index in [1.807, 2.05) is 0 Å². The van der Waals surface area contributed by atoms with E-state index in [-0.39, 0.29) is 0 Å². The predicted octanol–water partition coefficient (Wildman–Crippen LogP) is 6.03. The molecule has 0 amide bonds. The number of aryl methyl sites for hydroxylation is 3. The van der Waals surface area contributed by atoms with Gasteiger partial charge in [-0.15, -0.1) is 0 Å². The number of hydrogen-bond donors (Lipinski definition) is 0. The predicted molar refractivity (Wildman–Crippen MR) is 119 cm³/mol. The molecule has 0 unspecified atom stereocenters. The van der Waals surface area contributed by atoms with Crippen molar-refractivity contribution in [2.75, 3.05) is 0 Å². The van der Waals surface area contributed by atoms with Gasteiger partial charge in [0.05, 0.1) is 14.1 Å². The fourth-order valence-electron chi connectivity index (χ4n) is 4.66. The average Bonchev–Trinajstić information content (AvgIpc) is 3.26. The van der Waals surface area contributed by atoms with Gasteiger partial charge in [0, 0.05) is 10.8 Å². The molecule has 6 aromatic rings. The lowest BCUT2D eigenvalue weighted by atomic mass is 9.99. The van der Waals surface area contributed by atoms with E-state index in [2.05, 4.69) is 103 Å². The van der Waals surface area contributed by atoms with Crippen LogP contribution >= 0.6 is 0 Å². The number of aromatic nitrogens is 2. The Morgan fingerprint density at radius 1 is 0.828 bits per heavy atom. The van der Waals surface area contributed by atoms with Crippen molar-refractivity contribution in [3.8, 4) is 11.4 Å². The topological polar surface area (TPSA) is 21.9 Å². The highest BCUT2D eigenvalue weighted by Gasteiger charge is 2.23. The molecule has 2 heterocycles. The zero-order valence-corrected chi connectivity index (χ0v) is 16.7. The molecular formula is C26H21N2O+. The van der Waals surface area contributed by atoms with Crippen molar-refractivity contribution < 1.29 is 8.98 Å². The maximum Gasteiger partial charge on any atom is 0.292 e. The molecule has 140 valence electrons. The largest absolute Gasteiger partial charge is 0.455 e. The summed E-state index contributed by atoms with van der Waals surface area (Å²) in [5.74, 6) is 1.14. The van der Waals surface area contributed by atoms with Gasteiger partial charge >= 0.3 is 0 Å². The van der Waals surface area contributed by atoms with Crippen molar-refractivity contribution in [2.24, 2.45) is 14.1 Å². The van der Waals surface area contributed by atoms with Crippen LogP contribution in [0, 0.1) is 6.92 Å². The van der Waals surface area contributed by atoms with Crippen LogP contribution in [0.1, 0.15) is 5.56 Å². The van der Waals surface area contributed by atoms with E-state index < -0.39 is 0 Å². The minimum absolute atomic E-state index is 0.938. The Morgan fingerprint density at radius 2 is 1.66 bits per heavy atom. The summed E-state index contributed by atoms with van der Waals surface area (Å²) in [4.78, 5) is 0. The normalized spacial score (nSPS) is 12.0. The van der Waals surface area contributed by atoms with Gasteiger partial charge in [-0.3, -0.25) is 0 Å². The van der Waals surface area contributed by atoms with Crippen molar-refractivity contribution in [3.05, 3.63) is 78.6 Å². The summed E-state index contributed by atoms with van der Waals surface area (Å²) in [6.45, 7) is 2.15. The van der Waals surface area contributed by atoms with E-state index >= 15 is 0 Å². The van der Waals surface area contributed by atoms with E-state index in [1.165, 1.54) is 32.5 Å². The Bertz CT molecular complexity index is 1560. The van der Waals surface area contributed by atoms with Crippen LogP contribution in [0.5, 0.6) is 0 Å². The Hall–Kier alpha value is -3.59. The first kappa shape index (κ1) is 16.4. The molecular weight excluding hydrogens is 356 g/mol. The first-order valence-corrected chi connectivity index (χ1v) is 9.90. The Morgan fingerprint density at radius 3 is 2.48 bits per heavy atom. The molecule has 0 aliphatic carbocycles. The van der Waals surface area contributed by atoms with Gasteiger partial charge in [-0.05, 0) is 46.2 Å². The molecule has 0 N–H and O–H groups in total. The van der Waals surface area contributed by atoms with Gasteiger partial charge in [-0.2, -0.15) is 0 Å². The Labute approximate surface area is 168 Å². The van der Waals surface area contributed by atoms with Crippen molar-refractivity contribution in [1.82, 2.24) is 4.57 Å². The highest BCUT2D eigenvalue weighted by Crippen LogP contribution is 2.39. The number of benzene rings is 4. The van der Waals surface area contributed by atoms with E-state index in [0.717, 1.165) is 27.9 Å². The molecule has 6 rings (SSSR count). The van der Waals surface area contributed by atoms with Crippen LogP contribution in [-0.4, -0.2) is 4.57 Å². The third kappa shape index (κ3) is 2.21. The molecule has 2 aromatic heterocycles. The molecule has 0 saturated carbocycles. The molecule has 3 heteroatoms. The van der Waals surface area contributed by atoms with E-state index in [9.17, 15) is 0 Å². The molecule has 0 saturated heterocycles. The smallest absolute Gasteiger partial charge is 0.292 e. The van der Waals surface area contributed by atoms with Gasteiger partial charge in [0.25, 0.3) is 5.82 Å². The first-order valence-electron chi connectivity index (χ1n) is 9.90. The summed E-state index contributed by atoms with van der Waals surface area (Å²) < 4.78 is 10.8. The third-order valence-corrected chi connectivity index (χ3v) is 6.12. The molecule has 0 aliphatic heterocycles. The van der Waals surface area contributed by atoms with E-state index in [1.54, 1.807) is 0 Å². The SMILES string of the molecule is Cc1ccc2c(oc3cc4c(ccc5ccccc54)cc32)c1-c1n(C)cc[n+]1C. The van der Waals surface area contributed by atoms with E-state index in [0.29, 0.717) is 0 Å². The second-order valence-corrected chi connectivity index (χ2v) is 7.94. The maximum absolute atomic E-state index is 6.53. The second kappa shape index (κ2) is 5.71. The average molecular weight is 377 g/mol. The zero-order valence-electron chi connectivity index (χ0n) is 16.7. The summed E-state index contributed by atoms with van der Waals surface area (Å²) >= 11 is 0. The van der Waals surface area contributed by atoms with Gasteiger partial charge in [-0.1, -0.05) is 48.5 Å². The fraction of sp³-hybridized carbons (Fsp3) is 0.115. The van der Waals surface area contributed by atoms with Crippen molar-refractivity contribution in [1.29, 1.82) is 0 Å². The van der Waals surface area contributed by atoms with Crippen LogP contribution in [0.15, 0.2) is 77.5 Å². The second-order valence-electron chi connectivity index (χ2n) is 7.94. The van der Waals surface area contributed by atoms with Crippen molar-refractivity contribution >= 4 is 43.5 Å². The Balaban J connectivity index is 1.77. The summed E-state index contributed by atoms with van der Waals surface area (Å²) in [7, 11) is 4.16. The lowest BCUT2D eigenvalue weighted by Crippen LogP contribution is -2.29. The van der Waals surface area contributed by atoms with Gasteiger partial charge in [0.1, 0.15) is 23.5 Å². The fourth-order valence-corrected chi connectivity index (χ4v) is 4.66. The molecule has 29 heavy (non-hydrogen) atoms. The van der Waals surface area contributed by atoms with Crippen LogP contribution in [-0.2, 0) is 14.1 Å². The monoisotopic (exact) mass is 377 g/mol.